The average Bonchev–Trinajstić information content (AvgIpc) is 3.06. The average molecular weight is 328 g/mol. The Morgan fingerprint density at radius 3 is 2.88 bits per heavy atom. The number of anilines is 1. The van der Waals surface area contributed by atoms with Crippen molar-refractivity contribution < 1.29 is 14.0 Å². The van der Waals surface area contributed by atoms with E-state index in [-0.39, 0.29) is 17.7 Å². The summed E-state index contributed by atoms with van der Waals surface area (Å²) in [5, 5.41) is 0. The van der Waals surface area contributed by atoms with E-state index in [0.29, 0.717) is 17.9 Å². The number of hydrogen-bond acceptors (Lipinski definition) is 5. The summed E-state index contributed by atoms with van der Waals surface area (Å²) < 4.78 is 5.08. The number of hydrogen-bond donors (Lipinski definition) is 2. The van der Waals surface area contributed by atoms with Crippen LogP contribution in [0.25, 0.3) is 0 Å². The molecule has 1 atom stereocenters. The topological polar surface area (TPSA) is 87.5 Å². The molecular weight excluding hydrogens is 308 g/mol. The largest absolute Gasteiger partial charge is 0.469 e. The van der Waals surface area contributed by atoms with E-state index in [1.807, 2.05) is 18.2 Å². The monoisotopic (exact) mass is 328 g/mol. The second-order valence-electron chi connectivity index (χ2n) is 5.81. The van der Waals surface area contributed by atoms with Crippen LogP contribution in [0.3, 0.4) is 0 Å². The predicted molar refractivity (Wildman–Crippen MR) is 88.2 cm³/mol. The van der Waals surface area contributed by atoms with E-state index in [1.54, 1.807) is 19.2 Å². The number of carbonyl (C=O) groups is 2. The Bertz CT molecular complexity index is 714. The lowest BCUT2D eigenvalue weighted by molar-refractivity contribution is -0.126. The minimum Gasteiger partial charge on any atom is -0.469 e. The van der Waals surface area contributed by atoms with Gasteiger partial charge in [-0.25, -0.2) is 4.98 Å². The molecule has 0 saturated carbocycles. The molecule has 24 heavy (non-hydrogen) atoms. The highest BCUT2D eigenvalue weighted by Crippen LogP contribution is 2.21. The van der Waals surface area contributed by atoms with E-state index in [4.69, 9.17) is 4.42 Å². The van der Waals surface area contributed by atoms with Crippen molar-refractivity contribution in [3.63, 3.8) is 0 Å². The molecule has 2 amide bonds. The Hall–Kier alpha value is -2.83. The fraction of sp³-hybridized carbons (Fsp3) is 0.353. The molecule has 0 aromatic carbocycles. The molecule has 7 heteroatoms. The Morgan fingerprint density at radius 1 is 1.29 bits per heavy atom. The van der Waals surface area contributed by atoms with Crippen molar-refractivity contribution in [1.82, 2.24) is 15.8 Å². The van der Waals surface area contributed by atoms with Gasteiger partial charge >= 0.3 is 0 Å². The number of carbonyl (C=O) groups excluding carboxylic acids is 2. The number of aryl methyl sites for hydroxylation is 1. The highest BCUT2D eigenvalue weighted by Gasteiger charge is 2.27. The lowest BCUT2D eigenvalue weighted by Crippen LogP contribution is -2.49. The summed E-state index contributed by atoms with van der Waals surface area (Å²) >= 11 is 0. The van der Waals surface area contributed by atoms with Crippen LogP contribution in [0.4, 0.5) is 5.82 Å². The van der Waals surface area contributed by atoms with Gasteiger partial charge in [-0.1, -0.05) is 6.07 Å². The van der Waals surface area contributed by atoms with Crippen LogP contribution >= 0.6 is 0 Å². The molecule has 3 heterocycles. The van der Waals surface area contributed by atoms with Crippen LogP contribution in [0, 0.1) is 12.8 Å². The zero-order valence-corrected chi connectivity index (χ0v) is 13.5. The van der Waals surface area contributed by atoms with E-state index in [0.717, 1.165) is 25.2 Å². The smallest absolute Gasteiger partial charge is 0.273 e. The summed E-state index contributed by atoms with van der Waals surface area (Å²) in [6.45, 7) is 3.16. The second kappa shape index (κ2) is 7.16. The highest BCUT2D eigenvalue weighted by molar-refractivity contribution is 5.96. The maximum absolute atomic E-state index is 12.3. The first kappa shape index (κ1) is 16.0. The van der Waals surface area contributed by atoms with Gasteiger partial charge in [-0.3, -0.25) is 20.4 Å². The molecule has 0 radical (unpaired) electrons. The fourth-order valence-corrected chi connectivity index (χ4v) is 2.85. The molecule has 3 rings (SSSR count). The third-order valence-electron chi connectivity index (χ3n) is 4.17. The highest BCUT2D eigenvalue weighted by atomic mass is 16.3. The summed E-state index contributed by atoms with van der Waals surface area (Å²) in [6, 6.07) is 7.30. The van der Waals surface area contributed by atoms with Crippen LogP contribution < -0.4 is 15.8 Å². The third-order valence-corrected chi connectivity index (χ3v) is 4.17. The zero-order chi connectivity index (χ0) is 16.9. The number of aromatic nitrogens is 1. The molecular formula is C17H20N4O3. The molecule has 7 nitrogen and oxygen atoms in total. The number of nitrogens with zero attached hydrogens (tertiary/aromatic N) is 2. The Balaban J connectivity index is 1.55. The maximum Gasteiger partial charge on any atom is 0.273 e. The van der Waals surface area contributed by atoms with Crippen LogP contribution in [0.2, 0.25) is 0 Å². The molecule has 1 aliphatic rings. The van der Waals surface area contributed by atoms with Crippen LogP contribution in [-0.4, -0.2) is 29.9 Å². The summed E-state index contributed by atoms with van der Waals surface area (Å²) in [7, 11) is 0. The number of piperidine rings is 1. The van der Waals surface area contributed by atoms with Crippen molar-refractivity contribution in [2.45, 2.75) is 19.8 Å². The first-order valence-electron chi connectivity index (χ1n) is 7.95. The normalized spacial score (nSPS) is 17.4. The van der Waals surface area contributed by atoms with E-state index >= 15 is 0 Å². The van der Waals surface area contributed by atoms with E-state index in [9.17, 15) is 9.59 Å². The van der Waals surface area contributed by atoms with E-state index in [2.05, 4.69) is 20.7 Å². The van der Waals surface area contributed by atoms with Gasteiger partial charge in [0.2, 0.25) is 5.91 Å². The van der Waals surface area contributed by atoms with Crippen LogP contribution in [0.1, 0.15) is 29.0 Å². The van der Waals surface area contributed by atoms with Crippen molar-refractivity contribution >= 4 is 17.6 Å². The van der Waals surface area contributed by atoms with Gasteiger partial charge < -0.3 is 9.32 Å². The summed E-state index contributed by atoms with van der Waals surface area (Å²) in [5.74, 6) is 0.623. The molecule has 1 fully saturated rings. The molecule has 0 bridgehead atoms. The van der Waals surface area contributed by atoms with Gasteiger partial charge in [0.1, 0.15) is 11.6 Å². The maximum atomic E-state index is 12.3. The minimum absolute atomic E-state index is 0.188. The number of rotatable bonds is 3. The van der Waals surface area contributed by atoms with Crippen LogP contribution in [0.5, 0.6) is 0 Å². The van der Waals surface area contributed by atoms with Crippen molar-refractivity contribution in [2.24, 2.45) is 5.92 Å². The predicted octanol–water partition coefficient (Wildman–Crippen LogP) is 1.66. The minimum atomic E-state index is -0.382. The van der Waals surface area contributed by atoms with Gasteiger partial charge in [-0.15, -0.1) is 0 Å². The van der Waals surface area contributed by atoms with Gasteiger partial charge in [0, 0.05) is 19.3 Å². The lowest BCUT2D eigenvalue weighted by atomic mass is 9.97. The third kappa shape index (κ3) is 3.56. The molecule has 1 aliphatic heterocycles. The molecule has 2 aromatic heterocycles. The SMILES string of the molecule is Cc1occc1C(=O)NNC(=O)[C@@H]1CCCN(c2ccccn2)C1. The molecule has 0 spiro atoms. The molecule has 1 saturated heterocycles. The van der Waals surface area contributed by atoms with Crippen molar-refractivity contribution in [3.8, 4) is 0 Å². The number of nitrogens with one attached hydrogen (secondary N) is 2. The first-order valence-corrected chi connectivity index (χ1v) is 7.95. The Morgan fingerprint density at radius 2 is 2.17 bits per heavy atom. The number of hydrazine groups is 1. The second-order valence-corrected chi connectivity index (χ2v) is 5.81. The van der Waals surface area contributed by atoms with Gasteiger partial charge in [-0.2, -0.15) is 0 Å². The molecule has 2 N–H and O–H groups in total. The summed E-state index contributed by atoms with van der Waals surface area (Å²) in [5.41, 5.74) is 5.37. The van der Waals surface area contributed by atoms with Gasteiger partial charge in [0.05, 0.1) is 17.7 Å². The lowest BCUT2D eigenvalue weighted by Gasteiger charge is -2.32. The standard InChI is InChI=1S/C17H20N4O3/c1-12-14(7-10-24-12)17(23)20-19-16(22)13-5-4-9-21(11-13)15-6-2-3-8-18-15/h2-3,6-8,10,13H,4-5,9,11H2,1H3,(H,19,22)(H,20,23)/t13-/m1/s1. The number of furan rings is 1. The fourth-order valence-electron chi connectivity index (χ4n) is 2.85. The Kier molecular flexibility index (Phi) is 4.79. The molecule has 2 aromatic rings. The van der Waals surface area contributed by atoms with Crippen molar-refractivity contribution in [1.29, 1.82) is 0 Å². The van der Waals surface area contributed by atoms with Crippen molar-refractivity contribution in [2.75, 3.05) is 18.0 Å². The molecule has 0 unspecified atom stereocenters. The Labute approximate surface area is 140 Å². The molecule has 0 aliphatic carbocycles. The number of amides is 2. The van der Waals surface area contributed by atoms with Gasteiger partial charge in [0.25, 0.3) is 5.91 Å². The first-order chi connectivity index (χ1) is 11.6. The quantitative estimate of drug-likeness (QED) is 0.837. The molecule has 126 valence electrons. The van der Waals surface area contributed by atoms with E-state index in [1.165, 1.54) is 6.26 Å². The van der Waals surface area contributed by atoms with E-state index < -0.39 is 0 Å². The van der Waals surface area contributed by atoms with Gasteiger partial charge in [-0.05, 0) is 38.0 Å². The van der Waals surface area contributed by atoms with Crippen LogP contribution in [0.15, 0.2) is 41.1 Å². The zero-order valence-electron chi connectivity index (χ0n) is 13.5. The van der Waals surface area contributed by atoms with Gasteiger partial charge in [0.15, 0.2) is 0 Å². The summed E-state index contributed by atoms with van der Waals surface area (Å²) in [4.78, 5) is 30.8. The van der Waals surface area contributed by atoms with Crippen molar-refractivity contribution in [3.05, 3.63) is 48.0 Å². The van der Waals surface area contributed by atoms with Crippen LogP contribution in [-0.2, 0) is 4.79 Å². The number of pyridine rings is 1. The summed E-state index contributed by atoms with van der Waals surface area (Å²) in [6.07, 6.45) is 4.88.